The van der Waals surface area contributed by atoms with Crippen molar-refractivity contribution in [2.24, 2.45) is 0 Å². The normalized spacial score (nSPS) is 10.7. The zero-order valence-corrected chi connectivity index (χ0v) is 15.3. The largest absolute Gasteiger partial charge is 0.515 e. The van der Waals surface area contributed by atoms with Crippen LogP contribution in [0.5, 0.6) is 17.4 Å². The van der Waals surface area contributed by atoms with Crippen molar-refractivity contribution in [3.05, 3.63) is 42.2 Å². The van der Waals surface area contributed by atoms with Crippen LogP contribution < -0.4 is 14.2 Å². The van der Waals surface area contributed by atoms with Gasteiger partial charge in [0, 0.05) is 10.9 Å². The zero-order chi connectivity index (χ0) is 19.4. The van der Waals surface area contributed by atoms with Gasteiger partial charge in [-0.15, -0.1) is 0 Å². The minimum Gasteiger partial charge on any atom is -0.494 e. The molecule has 0 saturated heterocycles. The SMILES string of the molecule is CCOC(=O)Oc1[nH]c2ccc(OCC)cc2c1-c1ccc(OC)c(F)c1. The Balaban J connectivity index is 2.17. The standard InChI is InChI=1S/C20H20FNO5/c1-4-25-13-7-8-16-14(11-13)18(19(22-16)27-20(23)26-5-2)12-6-9-17(24-3)15(21)10-12/h6-11,22H,4-5H2,1-3H3. The van der Waals surface area contributed by atoms with E-state index in [2.05, 4.69) is 4.98 Å². The highest BCUT2D eigenvalue weighted by atomic mass is 19.1. The highest BCUT2D eigenvalue weighted by Crippen LogP contribution is 2.40. The van der Waals surface area contributed by atoms with Gasteiger partial charge < -0.3 is 23.9 Å². The van der Waals surface area contributed by atoms with Crippen molar-refractivity contribution >= 4 is 17.1 Å². The second-order valence-electron chi connectivity index (χ2n) is 5.60. The first kappa shape index (κ1) is 18.6. The molecule has 1 heterocycles. The van der Waals surface area contributed by atoms with Crippen LogP contribution in [-0.4, -0.2) is 31.5 Å². The molecule has 1 aromatic heterocycles. The van der Waals surface area contributed by atoms with Gasteiger partial charge in [0.25, 0.3) is 0 Å². The third-order valence-electron chi connectivity index (χ3n) is 3.93. The Morgan fingerprint density at radius 2 is 1.93 bits per heavy atom. The number of carbonyl (C=O) groups is 1. The van der Waals surface area contributed by atoms with Crippen molar-refractivity contribution in [1.82, 2.24) is 4.98 Å². The van der Waals surface area contributed by atoms with Gasteiger partial charge in [0.15, 0.2) is 11.6 Å². The van der Waals surface area contributed by atoms with Crippen molar-refractivity contribution in [1.29, 1.82) is 0 Å². The molecule has 0 fully saturated rings. The van der Waals surface area contributed by atoms with Crippen LogP contribution in [0.2, 0.25) is 0 Å². The molecule has 0 amide bonds. The van der Waals surface area contributed by atoms with Crippen molar-refractivity contribution in [2.45, 2.75) is 13.8 Å². The lowest BCUT2D eigenvalue weighted by atomic mass is 10.0. The summed E-state index contributed by atoms with van der Waals surface area (Å²) in [5.74, 6) is 0.428. The second-order valence-corrected chi connectivity index (χ2v) is 5.60. The van der Waals surface area contributed by atoms with Crippen molar-refractivity contribution in [3.63, 3.8) is 0 Å². The highest BCUT2D eigenvalue weighted by Gasteiger charge is 2.20. The van der Waals surface area contributed by atoms with Crippen molar-refractivity contribution < 1.29 is 28.1 Å². The van der Waals surface area contributed by atoms with E-state index in [-0.39, 0.29) is 18.2 Å². The van der Waals surface area contributed by atoms with Gasteiger partial charge in [0.05, 0.1) is 25.9 Å². The van der Waals surface area contributed by atoms with E-state index in [4.69, 9.17) is 18.9 Å². The lowest BCUT2D eigenvalue weighted by Crippen LogP contribution is -2.10. The van der Waals surface area contributed by atoms with Gasteiger partial charge in [-0.05, 0) is 49.7 Å². The van der Waals surface area contributed by atoms with Gasteiger partial charge >= 0.3 is 6.16 Å². The molecule has 3 aromatic rings. The number of benzene rings is 2. The number of rotatable bonds is 6. The number of carbonyl (C=O) groups excluding carboxylic acids is 1. The Hall–Kier alpha value is -3.22. The summed E-state index contributed by atoms with van der Waals surface area (Å²) in [5.41, 5.74) is 1.76. The molecule has 0 spiro atoms. The molecule has 0 aliphatic carbocycles. The van der Waals surface area contributed by atoms with Crippen LogP contribution >= 0.6 is 0 Å². The van der Waals surface area contributed by atoms with Gasteiger partial charge in [0.2, 0.25) is 5.88 Å². The van der Waals surface area contributed by atoms with E-state index in [0.29, 0.717) is 29.0 Å². The Kier molecular flexibility index (Phi) is 5.49. The monoisotopic (exact) mass is 373 g/mol. The molecule has 0 saturated carbocycles. The third kappa shape index (κ3) is 3.81. The topological polar surface area (TPSA) is 69.8 Å². The summed E-state index contributed by atoms with van der Waals surface area (Å²) in [5, 5.41) is 0.727. The van der Waals surface area contributed by atoms with E-state index < -0.39 is 12.0 Å². The van der Waals surface area contributed by atoms with Gasteiger partial charge in [-0.2, -0.15) is 0 Å². The smallest absolute Gasteiger partial charge is 0.494 e. The van der Waals surface area contributed by atoms with E-state index in [1.807, 2.05) is 19.1 Å². The van der Waals surface area contributed by atoms with Gasteiger partial charge in [-0.1, -0.05) is 6.07 Å². The quantitative estimate of drug-likeness (QED) is 0.621. The average Bonchev–Trinajstić information content (AvgIpc) is 2.99. The number of H-pyrrole nitrogens is 1. The fourth-order valence-electron chi connectivity index (χ4n) is 2.82. The maximum absolute atomic E-state index is 14.3. The molecule has 0 aliphatic rings. The number of methoxy groups -OCH3 is 1. The highest BCUT2D eigenvalue weighted by molar-refractivity contribution is 6.00. The molecule has 0 unspecified atom stereocenters. The number of ether oxygens (including phenoxy) is 4. The average molecular weight is 373 g/mol. The summed E-state index contributed by atoms with van der Waals surface area (Å²) >= 11 is 0. The van der Waals surface area contributed by atoms with Crippen LogP contribution in [0.4, 0.5) is 9.18 Å². The summed E-state index contributed by atoms with van der Waals surface area (Å²) in [7, 11) is 1.40. The molecule has 0 aliphatic heterocycles. The van der Waals surface area contributed by atoms with Gasteiger partial charge in [-0.25, -0.2) is 9.18 Å². The molecule has 1 N–H and O–H groups in total. The number of hydrogen-bond acceptors (Lipinski definition) is 5. The molecule has 3 rings (SSSR count). The van der Waals surface area contributed by atoms with Gasteiger partial charge in [0.1, 0.15) is 5.75 Å². The Bertz CT molecular complexity index is 966. The predicted octanol–water partition coefficient (Wildman–Crippen LogP) is 4.92. The summed E-state index contributed by atoms with van der Waals surface area (Å²) in [6.07, 6.45) is -0.843. The first-order chi connectivity index (χ1) is 13.1. The molecule has 0 bridgehead atoms. The zero-order valence-electron chi connectivity index (χ0n) is 15.3. The number of aromatic amines is 1. The van der Waals surface area contributed by atoms with Gasteiger partial charge in [-0.3, -0.25) is 0 Å². The molecular weight excluding hydrogens is 353 g/mol. The summed E-state index contributed by atoms with van der Waals surface area (Å²) in [4.78, 5) is 14.9. The molecule has 2 aromatic carbocycles. The van der Waals surface area contributed by atoms with Crippen LogP contribution in [0.15, 0.2) is 36.4 Å². The molecule has 142 valence electrons. The molecule has 6 nitrogen and oxygen atoms in total. The van der Waals surface area contributed by atoms with E-state index >= 15 is 0 Å². The number of hydrogen-bond donors (Lipinski definition) is 1. The molecule has 0 atom stereocenters. The Labute approximate surface area is 155 Å². The number of fused-ring (bicyclic) bond motifs is 1. The molecule has 0 radical (unpaired) electrons. The molecular formula is C20H20FNO5. The van der Waals surface area contributed by atoms with Crippen LogP contribution in [0.25, 0.3) is 22.0 Å². The van der Waals surface area contributed by atoms with Crippen LogP contribution in [-0.2, 0) is 4.74 Å². The first-order valence-corrected chi connectivity index (χ1v) is 8.54. The van der Waals surface area contributed by atoms with Crippen molar-refractivity contribution in [2.75, 3.05) is 20.3 Å². The summed E-state index contributed by atoms with van der Waals surface area (Å²) < 4.78 is 35.0. The first-order valence-electron chi connectivity index (χ1n) is 8.54. The maximum Gasteiger partial charge on any atom is 0.515 e. The Morgan fingerprint density at radius 1 is 1.11 bits per heavy atom. The third-order valence-corrected chi connectivity index (χ3v) is 3.93. The van der Waals surface area contributed by atoms with Crippen LogP contribution in [0.3, 0.4) is 0 Å². The fourth-order valence-corrected chi connectivity index (χ4v) is 2.82. The minimum atomic E-state index is -0.843. The number of halogens is 1. The van der Waals surface area contributed by atoms with E-state index in [1.54, 1.807) is 19.1 Å². The van der Waals surface area contributed by atoms with E-state index in [0.717, 1.165) is 5.39 Å². The van der Waals surface area contributed by atoms with E-state index in [9.17, 15) is 9.18 Å². The predicted molar refractivity (Wildman–Crippen MR) is 99.1 cm³/mol. The fraction of sp³-hybridized carbons (Fsp3) is 0.250. The summed E-state index contributed by atoms with van der Waals surface area (Å²) in [6.45, 7) is 4.26. The molecule has 27 heavy (non-hydrogen) atoms. The lowest BCUT2D eigenvalue weighted by Gasteiger charge is -2.08. The molecule has 7 heteroatoms. The van der Waals surface area contributed by atoms with Crippen molar-refractivity contribution in [3.8, 4) is 28.5 Å². The van der Waals surface area contributed by atoms with Crippen LogP contribution in [0.1, 0.15) is 13.8 Å². The minimum absolute atomic E-state index is 0.126. The second kappa shape index (κ2) is 7.99. The Morgan fingerprint density at radius 3 is 2.59 bits per heavy atom. The maximum atomic E-state index is 14.3. The summed E-state index contributed by atoms with van der Waals surface area (Å²) in [6, 6.07) is 9.95. The van der Waals surface area contributed by atoms with E-state index in [1.165, 1.54) is 19.2 Å². The number of nitrogens with one attached hydrogen (secondary N) is 1. The lowest BCUT2D eigenvalue weighted by molar-refractivity contribution is 0.103. The van der Waals surface area contributed by atoms with Crippen LogP contribution in [0, 0.1) is 5.82 Å². The number of aromatic nitrogens is 1.